The van der Waals surface area contributed by atoms with Crippen molar-refractivity contribution in [2.45, 2.75) is 77.2 Å². The minimum atomic E-state index is -0.643. The zero-order valence-electron chi connectivity index (χ0n) is 20.5. The van der Waals surface area contributed by atoms with Gasteiger partial charge in [0.2, 0.25) is 11.7 Å². The lowest BCUT2D eigenvalue weighted by molar-refractivity contribution is -0.135. The molecule has 0 bridgehead atoms. The minimum Gasteiger partial charge on any atom is -0.387 e. The van der Waals surface area contributed by atoms with Crippen LogP contribution in [0.2, 0.25) is 0 Å². The van der Waals surface area contributed by atoms with Gasteiger partial charge in [0.15, 0.2) is 0 Å². The first-order chi connectivity index (χ1) is 16.4. The van der Waals surface area contributed by atoms with E-state index in [1.165, 1.54) is 25.5 Å². The van der Waals surface area contributed by atoms with Gasteiger partial charge in [-0.05, 0) is 106 Å². The Morgan fingerprint density at radius 1 is 1.21 bits per heavy atom. The average molecular weight is 467 g/mol. The number of hydrogen-bond donors (Lipinski definition) is 2. The third-order valence-corrected chi connectivity index (χ3v) is 10.0. The molecule has 1 aromatic heterocycles. The van der Waals surface area contributed by atoms with Crippen molar-refractivity contribution in [2.24, 2.45) is 40.9 Å². The third-order valence-electron chi connectivity index (χ3n) is 10.0. The number of hydrogen-bond acceptors (Lipinski definition) is 6. The Kier molecular flexibility index (Phi) is 6.41. The van der Waals surface area contributed by atoms with E-state index in [2.05, 4.69) is 22.2 Å². The van der Waals surface area contributed by atoms with Gasteiger partial charge < -0.3 is 15.2 Å². The normalized spacial score (nSPS) is 41.0. The fourth-order valence-corrected chi connectivity index (χ4v) is 8.51. The van der Waals surface area contributed by atoms with Crippen molar-refractivity contribution in [3.8, 4) is 6.07 Å². The van der Waals surface area contributed by atoms with Gasteiger partial charge >= 0.3 is 0 Å². The number of carbonyl (C=O) groups excluding carboxylic acids is 1. The summed E-state index contributed by atoms with van der Waals surface area (Å²) in [6.45, 7) is 5.47. The van der Waals surface area contributed by atoms with Crippen LogP contribution in [0.3, 0.4) is 0 Å². The van der Waals surface area contributed by atoms with E-state index in [1.54, 1.807) is 6.07 Å². The second kappa shape index (κ2) is 9.20. The van der Waals surface area contributed by atoms with Crippen molar-refractivity contribution < 1.29 is 14.6 Å². The maximum atomic E-state index is 13.3. The summed E-state index contributed by atoms with van der Waals surface area (Å²) in [5, 5.41) is 23.1. The summed E-state index contributed by atoms with van der Waals surface area (Å²) >= 11 is 0. The first kappa shape index (κ1) is 23.7. The number of nitriles is 1. The van der Waals surface area contributed by atoms with Gasteiger partial charge in [0.1, 0.15) is 11.9 Å². The molecular formula is C27H38N4O3. The summed E-state index contributed by atoms with van der Waals surface area (Å²) in [4.78, 5) is 21.4. The van der Waals surface area contributed by atoms with Crippen molar-refractivity contribution in [1.82, 2.24) is 9.97 Å². The first-order valence-corrected chi connectivity index (χ1v) is 13.2. The molecule has 7 nitrogen and oxygen atoms in total. The number of fused-ring (bicyclic) bond motifs is 5. The molecule has 1 heterocycles. The SMILES string of the molecule is CCOC[C@@]1(O)CC[C@H]2[C@H](CC[C@@H]3[C@@H]2CC[C@]2(C)[C@@H](C(=O)Nc4ccnc(C#N)n4)CC[C@@H]32)C1. The second-order valence-corrected chi connectivity index (χ2v) is 11.6. The van der Waals surface area contributed by atoms with Crippen LogP contribution >= 0.6 is 0 Å². The highest BCUT2D eigenvalue weighted by atomic mass is 16.5. The van der Waals surface area contributed by atoms with Gasteiger partial charge in [0.05, 0.1) is 12.2 Å². The molecule has 0 spiro atoms. The first-order valence-electron chi connectivity index (χ1n) is 13.2. The Balaban J connectivity index is 1.27. The summed E-state index contributed by atoms with van der Waals surface area (Å²) in [7, 11) is 0. The summed E-state index contributed by atoms with van der Waals surface area (Å²) in [6, 6.07) is 3.59. The number of carbonyl (C=O) groups is 1. The number of anilines is 1. The number of nitrogens with zero attached hydrogens (tertiary/aromatic N) is 3. The maximum Gasteiger partial charge on any atom is 0.234 e. The Morgan fingerprint density at radius 2 is 2.03 bits per heavy atom. The maximum absolute atomic E-state index is 13.3. The predicted octanol–water partition coefficient (Wildman–Crippen LogP) is 4.32. The molecule has 0 saturated heterocycles. The van der Waals surface area contributed by atoms with Gasteiger partial charge in [-0.25, -0.2) is 9.97 Å². The Morgan fingerprint density at radius 3 is 2.82 bits per heavy atom. The molecule has 4 saturated carbocycles. The van der Waals surface area contributed by atoms with Gasteiger partial charge in [-0.1, -0.05) is 6.92 Å². The average Bonchev–Trinajstić information content (AvgIpc) is 3.20. The van der Waals surface area contributed by atoms with Crippen molar-refractivity contribution in [1.29, 1.82) is 5.26 Å². The van der Waals surface area contributed by atoms with Crippen LogP contribution in [0.15, 0.2) is 12.3 Å². The monoisotopic (exact) mass is 466 g/mol. The molecule has 7 heteroatoms. The zero-order chi connectivity index (χ0) is 23.9. The quantitative estimate of drug-likeness (QED) is 0.669. The number of aromatic nitrogens is 2. The number of amides is 1. The lowest BCUT2D eigenvalue weighted by Gasteiger charge is -2.57. The van der Waals surface area contributed by atoms with Gasteiger partial charge in [-0.3, -0.25) is 4.79 Å². The van der Waals surface area contributed by atoms with Crippen LogP contribution in [0.4, 0.5) is 5.82 Å². The number of rotatable bonds is 5. The summed E-state index contributed by atoms with van der Waals surface area (Å²) in [5.74, 6) is 3.85. The standard InChI is InChI=1S/C27H38N4O3/c1-3-34-16-27(33)12-9-18-17(14-27)4-5-20-19(18)8-11-26(2)21(20)6-7-22(26)25(32)31-23-10-13-29-24(15-28)30-23/h10,13,17-22,33H,3-9,11-12,14,16H2,1-2H3,(H,29,30,31,32)/t17-,18+,19-,20-,21+,22-,26+,27-/m1/s1. The molecule has 2 N–H and O–H groups in total. The smallest absolute Gasteiger partial charge is 0.234 e. The van der Waals surface area contributed by atoms with E-state index in [4.69, 9.17) is 10.00 Å². The Labute approximate surface area is 202 Å². The largest absolute Gasteiger partial charge is 0.387 e. The summed E-state index contributed by atoms with van der Waals surface area (Å²) < 4.78 is 5.61. The van der Waals surface area contributed by atoms with Crippen molar-refractivity contribution in [2.75, 3.05) is 18.5 Å². The topological polar surface area (TPSA) is 108 Å². The second-order valence-electron chi connectivity index (χ2n) is 11.6. The van der Waals surface area contributed by atoms with Gasteiger partial charge in [0, 0.05) is 18.7 Å². The Hall–Kier alpha value is -2.04. The molecule has 1 aromatic rings. The van der Waals surface area contributed by atoms with Gasteiger partial charge in [-0.2, -0.15) is 5.26 Å². The lowest BCUT2D eigenvalue weighted by Crippen LogP contribution is -2.52. The highest BCUT2D eigenvalue weighted by Crippen LogP contribution is 2.64. The van der Waals surface area contributed by atoms with Gasteiger partial charge in [0.25, 0.3) is 0 Å². The van der Waals surface area contributed by atoms with Crippen LogP contribution < -0.4 is 5.32 Å². The lowest BCUT2D eigenvalue weighted by atomic mass is 9.49. The van der Waals surface area contributed by atoms with E-state index in [-0.39, 0.29) is 23.1 Å². The van der Waals surface area contributed by atoms with E-state index in [9.17, 15) is 9.90 Å². The highest BCUT2D eigenvalue weighted by molar-refractivity contribution is 5.92. The number of aliphatic hydroxyl groups is 1. The number of ether oxygens (including phenoxy) is 1. The van der Waals surface area contributed by atoms with Crippen LogP contribution in [-0.2, 0) is 9.53 Å². The third kappa shape index (κ3) is 4.13. The van der Waals surface area contributed by atoms with Crippen LogP contribution in [0.1, 0.15) is 77.5 Å². The van der Waals surface area contributed by atoms with Crippen molar-refractivity contribution in [3.63, 3.8) is 0 Å². The minimum absolute atomic E-state index is 0.0145. The predicted molar refractivity (Wildman–Crippen MR) is 127 cm³/mol. The molecular weight excluding hydrogens is 428 g/mol. The van der Waals surface area contributed by atoms with Crippen molar-refractivity contribution in [3.05, 3.63) is 18.1 Å². The molecule has 0 aromatic carbocycles. The molecule has 0 unspecified atom stereocenters. The summed E-state index contributed by atoms with van der Waals surface area (Å²) in [5.41, 5.74) is -0.621. The molecule has 0 radical (unpaired) electrons. The molecule has 0 aliphatic heterocycles. The molecule has 1 amide bonds. The number of nitrogens with one attached hydrogen (secondary N) is 1. The highest BCUT2D eigenvalue weighted by Gasteiger charge is 2.59. The fourth-order valence-electron chi connectivity index (χ4n) is 8.51. The van der Waals surface area contributed by atoms with Crippen LogP contribution in [-0.4, -0.2) is 39.8 Å². The molecule has 4 fully saturated rings. The van der Waals surface area contributed by atoms with E-state index in [1.807, 2.05) is 13.0 Å². The van der Waals surface area contributed by atoms with Crippen molar-refractivity contribution >= 4 is 11.7 Å². The molecule has 5 rings (SSSR count). The van der Waals surface area contributed by atoms with E-state index < -0.39 is 5.60 Å². The molecule has 8 atom stereocenters. The molecule has 184 valence electrons. The van der Waals surface area contributed by atoms with Crippen LogP contribution in [0.25, 0.3) is 0 Å². The summed E-state index contributed by atoms with van der Waals surface area (Å²) in [6.07, 6.45) is 11.1. The van der Waals surface area contributed by atoms with E-state index in [0.29, 0.717) is 42.7 Å². The zero-order valence-corrected chi connectivity index (χ0v) is 20.5. The fraction of sp³-hybridized carbons (Fsp3) is 0.778. The molecule has 4 aliphatic carbocycles. The van der Waals surface area contributed by atoms with Crippen LogP contribution in [0, 0.1) is 52.3 Å². The van der Waals surface area contributed by atoms with Gasteiger partial charge in [-0.15, -0.1) is 0 Å². The van der Waals surface area contributed by atoms with E-state index >= 15 is 0 Å². The molecule has 4 aliphatic rings. The molecule has 34 heavy (non-hydrogen) atoms. The Bertz CT molecular complexity index is 963. The van der Waals surface area contributed by atoms with E-state index in [0.717, 1.165) is 44.4 Å². The van der Waals surface area contributed by atoms with Crippen LogP contribution in [0.5, 0.6) is 0 Å².